The molecule has 0 spiro atoms. The van der Waals surface area contributed by atoms with Crippen molar-refractivity contribution in [1.82, 2.24) is 9.88 Å². The fourth-order valence-corrected chi connectivity index (χ4v) is 3.85. The summed E-state index contributed by atoms with van der Waals surface area (Å²) in [4.78, 5) is 19.3. The number of aromatic nitrogens is 1. The molecule has 0 bridgehead atoms. The SMILES string of the molecule is CN(CCN1CCCC1=O)c1ccc(S(=O)(=O)Nc2ccc(F)c(F)c2)cn1. The zero-order valence-corrected chi connectivity index (χ0v) is 16.0. The molecule has 28 heavy (non-hydrogen) atoms. The first kappa shape index (κ1) is 20.0. The van der Waals surface area contributed by atoms with Crippen LogP contribution in [0.15, 0.2) is 41.4 Å². The van der Waals surface area contributed by atoms with Crippen LogP contribution in [0, 0.1) is 11.6 Å². The monoisotopic (exact) mass is 410 g/mol. The number of likely N-dealkylation sites (N-methyl/N-ethyl adjacent to an activating group) is 1. The Morgan fingerprint density at radius 1 is 1.21 bits per heavy atom. The Balaban J connectivity index is 1.65. The summed E-state index contributed by atoms with van der Waals surface area (Å²) in [6.45, 7) is 1.90. The summed E-state index contributed by atoms with van der Waals surface area (Å²) >= 11 is 0. The average molecular weight is 410 g/mol. The summed E-state index contributed by atoms with van der Waals surface area (Å²) in [5.41, 5.74) is -0.0876. The molecule has 2 aromatic rings. The van der Waals surface area contributed by atoms with Gasteiger partial charge in [0.2, 0.25) is 5.91 Å². The number of sulfonamides is 1. The molecule has 0 saturated carbocycles. The summed E-state index contributed by atoms with van der Waals surface area (Å²) in [7, 11) is -2.19. The number of amides is 1. The number of rotatable bonds is 7. The number of likely N-dealkylation sites (tertiary alicyclic amines) is 1. The molecule has 1 amide bonds. The molecule has 10 heteroatoms. The number of nitrogens with one attached hydrogen (secondary N) is 1. The minimum Gasteiger partial charge on any atom is -0.358 e. The first-order chi connectivity index (χ1) is 13.3. The third-order valence-corrected chi connectivity index (χ3v) is 5.84. The molecule has 3 rings (SSSR count). The number of hydrogen-bond acceptors (Lipinski definition) is 5. The highest BCUT2D eigenvalue weighted by Crippen LogP contribution is 2.19. The van der Waals surface area contributed by atoms with Gasteiger partial charge in [0.1, 0.15) is 10.7 Å². The van der Waals surface area contributed by atoms with Gasteiger partial charge in [0.25, 0.3) is 10.0 Å². The first-order valence-corrected chi connectivity index (χ1v) is 10.2. The zero-order chi connectivity index (χ0) is 20.3. The van der Waals surface area contributed by atoms with Crippen LogP contribution in [-0.4, -0.2) is 50.9 Å². The van der Waals surface area contributed by atoms with E-state index < -0.39 is 21.7 Å². The predicted octanol–water partition coefficient (Wildman–Crippen LogP) is 2.22. The Labute approximate surface area is 162 Å². The molecule has 1 N–H and O–H groups in total. The van der Waals surface area contributed by atoms with E-state index in [2.05, 4.69) is 9.71 Å². The van der Waals surface area contributed by atoms with E-state index in [-0.39, 0.29) is 16.5 Å². The molecule has 1 aromatic carbocycles. The second-order valence-corrected chi connectivity index (χ2v) is 8.17. The lowest BCUT2D eigenvalue weighted by atomic mass is 10.3. The normalized spacial score (nSPS) is 14.4. The molecule has 0 atom stereocenters. The molecule has 1 aliphatic heterocycles. The van der Waals surface area contributed by atoms with Crippen LogP contribution in [0.2, 0.25) is 0 Å². The number of halogens is 2. The van der Waals surface area contributed by atoms with E-state index in [4.69, 9.17) is 0 Å². The highest BCUT2D eigenvalue weighted by molar-refractivity contribution is 7.92. The number of carbonyl (C=O) groups excluding carboxylic acids is 1. The maximum atomic E-state index is 13.3. The minimum absolute atomic E-state index is 0.0876. The summed E-state index contributed by atoms with van der Waals surface area (Å²) in [6, 6.07) is 5.66. The summed E-state index contributed by atoms with van der Waals surface area (Å²) in [5, 5.41) is 0. The maximum Gasteiger partial charge on any atom is 0.263 e. The molecule has 7 nitrogen and oxygen atoms in total. The van der Waals surface area contributed by atoms with Gasteiger partial charge in [-0.1, -0.05) is 0 Å². The standard InChI is InChI=1S/C18H20F2N4O3S/c1-23(9-10-24-8-2-3-18(24)25)17-7-5-14(12-21-17)28(26,27)22-13-4-6-15(19)16(20)11-13/h4-7,11-12,22H,2-3,8-10H2,1H3. The Morgan fingerprint density at radius 2 is 2.00 bits per heavy atom. The number of nitrogens with zero attached hydrogens (tertiary/aromatic N) is 3. The van der Waals surface area contributed by atoms with Crippen molar-refractivity contribution in [3.05, 3.63) is 48.2 Å². The van der Waals surface area contributed by atoms with E-state index in [1.54, 1.807) is 18.0 Å². The van der Waals surface area contributed by atoms with Crippen molar-refractivity contribution in [2.45, 2.75) is 17.7 Å². The van der Waals surface area contributed by atoms with E-state index >= 15 is 0 Å². The number of carbonyl (C=O) groups is 1. The van der Waals surface area contributed by atoms with Gasteiger partial charge >= 0.3 is 0 Å². The van der Waals surface area contributed by atoms with Crippen LogP contribution in [-0.2, 0) is 14.8 Å². The van der Waals surface area contributed by atoms with Crippen molar-refractivity contribution in [3.8, 4) is 0 Å². The average Bonchev–Trinajstić information content (AvgIpc) is 3.07. The van der Waals surface area contributed by atoms with Gasteiger partial charge in [-0.3, -0.25) is 9.52 Å². The largest absolute Gasteiger partial charge is 0.358 e. The van der Waals surface area contributed by atoms with Crippen molar-refractivity contribution in [2.24, 2.45) is 0 Å². The van der Waals surface area contributed by atoms with E-state index in [1.807, 2.05) is 4.90 Å². The highest BCUT2D eigenvalue weighted by atomic mass is 32.2. The zero-order valence-electron chi connectivity index (χ0n) is 15.2. The molecule has 1 aromatic heterocycles. The van der Waals surface area contributed by atoms with Gasteiger partial charge in [-0.15, -0.1) is 0 Å². The fraction of sp³-hybridized carbons (Fsp3) is 0.333. The second kappa shape index (κ2) is 8.09. The Morgan fingerprint density at radius 3 is 2.61 bits per heavy atom. The quantitative estimate of drug-likeness (QED) is 0.757. The number of pyridine rings is 1. The van der Waals surface area contributed by atoms with Crippen LogP contribution >= 0.6 is 0 Å². The topological polar surface area (TPSA) is 82.6 Å². The molecule has 0 unspecified atom stereocenters. The van der Waals surface area contributed by atoms with Gasteiger partial charge in [0, 0.05) is 45.4 Å². The van der Waals surface area contributed by atoms with Crippen LogP contribution in [0.25, 0.3) is 0 Å². The van der Waals surface area contributed by atoms with Crippen LogP contribution in [0.4, 0.5) is 20.3 Å². The van der Waals surface area contributed by atoms with Gasteiger partial charge in [-0.2, -0.15) is 0 Å². The van der Waals surface area contributed by atoms with E-state index in [0.717, 1.165) is 31.2 Å². The Hall–Kier alpha value is -2.75. The highest BCUT2D eigenvalue weighted by Gasteiger charge is 2.20. The molecule has 1 fully saturated rings. The van der Waals surface area contributed by atoms with Crippen molar-refractivity contribution in [1.29, 1.82) is 0 Å². The molecule has 2 heterocycles. The number of hydrogen-bond donors (Lipinski definition) is 1. The van der Waals surface area contributed by atoms with E-state index in [0.29, 0.717) is 25.3 Å². The molecule has 0 aliphatic carbocycles. The number of benzene rings is 1. The molecular weight excluding hydrogens is 390 g/mol. The van der Waals surface area contributed by atoms with Crippen LogP contribution < -0.4 is 9.62 Å². The van der Waals surface area contributed by atoms with Crippen LogP contribution in [0.5, 0.6) is 0 Å². The predicted molar refractivity (Wildman–Crippen MR) is 100 cm³/mol. The summed E-state index contributed by atoms with van der Waals surface area (Å²) < 4.78 is 53.2. The van der Waals surface area contributed by atoms with Gasteiger partial charge < -0.3 is 9.80 Å². The molecule has 1 aliphatic rings. The lowest BCUT2D eigenvalue weighted by molar-refractivity contribution is -0.127. The third kappa shape index (κ3) is 4.56. The number of anilines is 2. The molecular formula is C18H20F2N4O3S. The summed E-state index contributed by atoms with van der Waals surface area (Å²) in [6.07, 6.45) is 2.65. The lowest BCUT2D eigenvalue weighted by Gasteiger charge is -2.22. The maximum absolute atomic E-state index is 13.3. The van der Waals surface area contributed by atoms with Crippen LogP contribution in [0.3, 0.4) is 0 Å². The van der Waals surface area contributed by atoms with Crippen LogP contribution in [0.1, 0.15) is 12.8 Å². The second-order valence-electron chi connectivity index (χ2n) is 6.49. The lowest BCUT2D eigenvalue weighted by Crippen LogP contribution is -2.34. The Bertz CT molecular complexity index is 967. The van der Waals surface area contributed by atoms with Gasteiger partial charge in [-0.05, 0) is 30.7 Å². The van der Waals surface area contributed by atoms with E-state index in [1.165, 1.54) is 12.3 Å². The summed E-state index contributed by atoms with van der Waals surface area (Å²) in [5.74, 6) is -1.51. The van der Waals surface area contributed by atoms with E-state index in [9.17, 15) is 22.0 Å². The van der Waals surface area contributed by atoms with Crippen molar-refractivity contribution in [2.75, 3.05) is 36.3 Å². The van der Waals surface area contributed by atoms with Gasteiger partial charge in [0.05, 0.1) is 5.69 Å². The molecule has 0 radical (unpaired) electrons. The van der Waals surface area contributed by atoms with Crippen molar-refractivity contribution >= 4 is 27.4 Å². The first-order valence-electron chi connectivity index (χ1n) is 8.69. The Kier molecular flexibility index (Phi) is 5.78. The fourth-order valence-electron chi connectivity index (χ4n) is 2.86. The molecule has 150 valence electrons. The molecule has 1 saturated heterocycles. The van der Waals surface area contributed by atoms with Crippen molar-refractivity contribution in [3.63, 3.8) is 0 Å². The smallest absolute Gasteiger partial charge is 0.263 e. The van der Waals surface area contributed by atoms with Gasteiger partial charge in [-0.25, -0.2) is 22.2 Å². The minimum atomic E-state index is -3.99. The third-order valence-electron chi connectivity index (χ3n) is 4.47. The van der Waals surface area contributed by atoms with Gasteiger partial charge in [0.15, 0.2) is 11.6 Å². The van der Waals surface area contributed by atoms with Crippen molar-refractivity contribution < 1.29 is 22.0 Å².